The average molecular weight is 229 g/mol. The van der Waals surface area contributed by atoms with Crippen molar-refractivity contribution in [3.63, 3.8) is 0 Å². The quantitative estimate of drug-likeness (QED) is 0.373. The van der Waals surface area contributed by atoms with Crippen LogP contribution >= 0.6 is 0 Å². The summed E-state index contributed by atoms with van der Waals surface area (Å²) in [6.45, 7) is 5.30. The molecule has 0 amide bonds. The van der Waals surface area contributed by atoms with Gasteiger partial charge in [-0.05, 0) is 13.3 Å². The maximum Gasteiger partial charge on any atom is 0.332 e. The van der Waals surface area contributed by atoms with Crippen LogP contribution in [0.1, 0.15) is 39.5 Å². The number of carbonyl (C=O) groups excluding carboxylic acids is 1. The minimum Gasteiger partial charge on any atom is -0.460 e. The minimum absolute atomic E-state index is 0.288. The first-order valence-corrected chi connectivity index (χ1v) is 5.85. The van der Waals surface area contributed by atoms with Crippen molar-refractivity contribution in [2.24, 2.45) is 5.73 Å². The largest absolute Gasteiger partial charge is 0.460 e. The molecule has 0 aliphatic rings. The number of hydrogen-bond donors (Lipinski definition) is 1. The molecular weight excluding hydrogens is 206 g/mol. The van der Waals surface area contributed by atoms with Crippen molar-refractivity contribution < 1.29 is 14.3 Å². The van der Waals surface area contributed by atoms with Gasteiger partial charge in [-0.25, -0.2) is 4.79 Å². The van der Waals surface area contributed by atoms with Gasteiger partial charge in [0.15, 0.2) is 0 Å². The lowest BCUT2D eigenvalue weighted by Gasteiger charge is -2.04. The van der Waals surface area contributed by atoms with Gasteiger partial charge in [0.05, 0.1) is 6.61 Å². The van der Waals surface area contributed by atoms with Crippen LogP contribution in [0.4, 0.5) is 0 Å². The van der Waals surface area contributed by atoms with Gasteiger partial charge in [-0.15, -0.1) is 0 Å². The predicted octanol–water partition coefficient (Wildman–Crippen LogP) is 1.99. The normalized spacial score (nSPS) is 11.5. The molecule has 4 nitrogen and oxygen atoms in total. The van der Waals surface area contributed by atoms with Gasteiger partial charge in [-0.3, -0.25) is 0 Å². The highest BCUT2D eigenvalue weighted by molar-refractivity contribution is 5.82. The lowest BCUT2D eigenvalue weighted by Crippen LogP contribution is -2.10. The summed E-state index contributed by atoms with van der Waals surface area (Å²) in [5.41, 5.74) is 5.77. The number of rotatable bonds is 9. The predicted molar refractivity (Wildman–Crippen MR) is 63.9 cm³/mol. The highest BCUT2D eigenvalue weighted by atomic mass is 16.6. The third-order valence-corrected chi connectivity index (χ3v) is 1.96. The van der Waals surface area contributed by atoms with Gasteiger partial charge in [0.1, 0.15) is 6.61 Å². The molecule has 0 bridgehead atoms. The molecule has 94 valence electrons. The Kier molecular flexibility index (Phi) is 9.81. The van der Waals surface area contributed by atoms with Gasteiger partial charge in [0, 0.05) is 18.4 Å². The van der Waals surface area contributed by atoms with Crippen molar-refractivity contribution in [1.29, 1.82) is 0 Å². The van der Waals surface area contributed by atoms with Gasteiger partial charge in [-0.2, -0.15) is 0 Å². The number of ether oxygens (including phenoxy) is 2. The molecule has 16 heavy (non-hydrogen) atoms. The van der Waals surface area contributed by atoms with E-state index in [1.54, 1.807) is 6.92 Å². The SMILES string of the molecule is CCCCCCOCCOC(=O)/C=C(/C)N. The van der Waals surface area contributed by atoms with E-state index in [4.69, 9.17) is 15.2 Å². The molecule has 0 unspecified atom stereocenters. The van der Waals surface area contributed by atoms with Crippen molar-refractivity contribution in [2.75, 3.05) is 19.8 Å². The average Bonchev–Trinajstić information content (AvgIpc) is 2.21. The Morgan fingerprint density at radius 2 is 1.94 bits per heavy atom. The smallest absolute Gasteiger partial charge is 0.332 e. The third-order valence-electron chi connectivity index (χ3n) is 1.96. The van der Waals surface area contributed by atoms with Gasteiger partial charge in [0.25, 0.3) is 0 Å². The van der Waals surface area contributed by atoms with E-state index >= 15 is 0 Å². The fourth-order valence-corrected chi connectivity index (χ4v) is 1.16. The van der Waals surface area contributed by atoms with Crippen LogP contribution in [0.25, 0.3) is 0 Å². The summed E-state index contributed by atoms with van der Waals surface area (Å²) in [7, 11) is 0. The summed E-state index contributed by atoms with van der Waals surface area (Å²) in [6.07, 6.45) is 6.01. The molecule has 0 heterocycles. The monoisotopic (exact) mass is 229 g/mol. The summed E-state index contributed by atoms with van der Waals surface area (Å²) < 4.78 is 10.2. The number of hydrogen-bond acceptors (Lipinski definition) is 4. The molecule has 0 aliphatic carbocycles. The standard InChI is InChI=1S/C12H23NO3/c1-3-4-5-6-7-15-8-9-16-12(14)10-11(2)13/h10H,3-9,13H2,1-2H3/b11-10-. The first kappa shape index (κ1) is 15.0. The maximum atomic E-state index is 11.0. The van der Waals surface area contributed by atoms with Gasteiger partial charge < -0.3 is 15.2 Å². The summed E-state index contributed by atoms with van der Waals surface area (Å²) in [5.74, 6) is -0.408. The van der Waals surface area contributed by atoms with Crippen molar-refractivity contribution in [1.82, 2.24) is 0 Å². The Morgan fingerprint density at radius 1 is 1.19 bits per heavy atom. The molecule has 0 radical (unpaired) electrons. The third kappa shape index (κ3) is 11.0. The molecule has 2 N–H and O–H groups in total. The van der Waals surface area contributed by atoms with Crippen LogP contribution in [0.2, 0.25) is 0 Å². The Labute approximate surface area is 97.8 Å². The van der Waals surface area contributed by atoms with Gasteiger partial charge in [-0.1, -0.05) is 26.2 Å². The van der Waals surface area contributed by atoms with E-state index in [-0.39, 0.29) is 6.61 Å². The fraction of sp³-hybridized carbons (Fsp3) is 0.750. The van der Waals surface area contributed by atoms with Crippen molar-refractivity contribution >= 4 is 5.97 Å². The van der Waals surface area contributed by atoms with Crippen LogP contribution < -0.4 is 5.73 Å². The maximum absolute atomic E-state index is 11.0. The Morgan fingerprint density at radius 3 is 2.56 bits per heavy atom. The van der Waals surface area contributed by atoms with Crippen LogP contribution in [0.5, 0.6) is 0 Å². The number of allylic oxidation sites excluding steroid dienone is 1. The minimum atomic E-state index is -0.408. The number of nitrogens with two attached hydrogens (primary N) is 1. The second-order valence-electron chi connectivity index (χ2n) is 3.73. The van der Waals surface area contributed by atoms with Gasteiger partial charge >= 0.3 is 5.97 Å². The molecule has 0 saturated carbocycles. The lowest BCUT2D eigenvalue weighted by atomic mass is 10.2. The van der Waals surface area contributed by atoms with E-state index in [2.05, 4.69) is 6.92 Å². The zero-order valence-electron chi connectivity index (χ0n) is 10.3. The number of unbranched alkanes of at least 4 members (excludes halogenated alkanes) is 3. The molecule has 0 rings (SSSR count). The van der Waals surface area contributed by atoms with E-state index in [0.717, 1.165) is 13.0 Å². The molecule has 0 aromatic heterocycles. The van der Waals surface area contributed by atoms with E-state index in [9.17, 15) is 4.79 Å². The van der Waals surface area contributed by atoms with E-state index in [1.165, 1.54) is 25.3 Å². The molecule has 0 aliphatic heterocycles. The second kappa shape index (κ2) is 10.5. The van der Waals surface area contributed by atoms with E-state index < -0.39 is 5.97 Å². The van der Waals surface area contributed by atoms with Gasteiger partial charge in [0.2, 0.25) is 0 Å². The highest BCUT2D eigenvalue weighted by Crippen LogP contribution is 1.98. The molecule has 0 atom stereocenters. The summed E-state index contributed by atoms with van der Waals surface area (Å²) in [4.78, 5) is 11.0. The Hall–Kier alpha value is -1.03. The molecular formula is C12H23NO3. The Balaban J connectivity index is 3.21. The van der Waals surface area contributed by atoms with Crippen molar-refractivity contribution in [3.05, 3.63) is 11.8 Å². The van der Waals surface area contributed by atoms with Crippen LogP contribution in [0.3, 0.4) is 0 Å². The van der Waals surface area contributed by atoms with Crippen molar-refractivity contribution in [3.8, 4) is 0 Å². The van der Waals surface area contributed by atoms with E-state index in [1.807, 2.05) is 0 Å². The van der Waals surface area contributed by atoms with Crippen molar-refractivity contribution in [2.45, 2.75) is 39.5 Å². The Bertz CT molecular complexity index is 210. The zero-order chi connectivity index (χ0) is 12.2. The number of carbonyl (C=O) groups is 1. The van der Waals surface area contributed by atoms with Crippen LogP contribution in [0.15, 0.2) is 11.8 Å². The van der Waals surface area contributed by atoms with Crippen LogP contribution in [-0.2, 0) is 14.3 Å². The molecule has 0 spiro atoms. The lowest BCUT2D eigenvalue weighted by molar-refractivity contribution is -0.139. The topological polar surface area (TPSA) is 61.5 Å². The summed E-state index contributed by atoms with van der Waals surface area (Å²) in [6, 6.07) is 0. The first-order chi connectivity index (χ1) is 7.66. The van der Waals surface area contributed by atoms with E-state index in [0.29, 0.717) is 12.3 Å². The second-order valence-corrected chi connectivity index (χ2v) is 3.73. The highest BCUT2D eigenvalue weighted by Gasteiger charge is 1.97. The first-order valence-electron chi connectivity index (χ1n) is 5.85. The molecule has 4 heteroatoms. The fourth-order valence-electron chi connectivity index (χ4n) is 1.16. The molecule has 0 aromatic rings. The number of esters is 1. The van der Waals surface area contributed by atoms with Crippen LogP contribution in [0, 0.1) is 0 Å². The molecule has 0 saturated heterocycles. The van der Waals surface area contributed by atoms with Crippen LogP contribution in [-0.4, -0.2) is 25.8 Å². The summed E-state index contributed by atoms with van der Waals surface area (Å²) in [5, 5.41) is 0. The molecule has 0 aromatic carbocycles. The zero-order valence-corrected chi connectivity index (χ0v) is 10.3. The summed E-state index contributed by atoms with van der Waals surface area (Å²) >= 11 is 0. The molecule has 0 fully saturated rings.